The molecule has 8 nitrogen and oxygen atoms in total. The Hall–Kier alpha value is -1.71. The molecule has 0 aliphatic carbocycles. The van der Waals surface area contributed by atoms with E-state index in [-0.39, 0.29) is 11.0 Å². The first-order valence-corrected chi connectivity index (χ1v) is 9.07. The Labute approximate surface area is 135 Å². The monoisotopic (exact) mass is 343 g/mol. The van der Waals surface area contributed by atoms with Crippen LogP contribution in [0.3, 0.4) is 0 Å². The minimum absolute atomic E-state index is 0.00984. The summed E-state index contributed by atoms with van der Waals surface area (Å²) in [5, 5.41) is 11.0. The van der Waals surface area contributed by atoms with Gasteiger partial charge in [-0.15, -0.1) is 0 Å². The summed E-state index contributed by atoms with van der Waals surface area (Å²) in [4.78, 5) is 14.1. The molecule has 0 spiro atoms. The molecule has 128 valence electrons. The van der Waals surface area contributed by atoms with Gasteiger partial charge in [0, 0.05) is 37.6 Å². The van der Waals surface area contributed by atoms with Gasteiger partial charge in [-0.2, -0.15) is 0 Å². The molecule has 0 saturated carbocycles. The number of hydrogen-bond donors (Lipinski definition) is 0. The minimum Gasteiger partial charge on any atom is -0.373 e. The van der Waals surface area contributed by atoms with Crippen LogP contribution >= 0.6 is 0 Å². The van der Waals surface area contributed by atoms with Crippen molar-refractivity contribution in [2.75, 3.05) is 51.5 Å². The molecule has 1 saturated heterocycles. The highest BCUT2D eigenvalue weighted by atomic mass is 32.2. The number of likely N-dealkylation sites (N-methyl/N-ethyl adjacent to an activating group) is 1. The summed E-state index contributed by atoms with van der Waals surface area (Å²) in [6, 6.07) is 4.22. The van der Waals surface area contributed by atoms with E-state index in [0.29, 0.717) is 25.4 Å². The molecule has 9 heteroatoms. The molecule has 0 radical (unpaired) electrons. The van der Waals surface area contributed by atoms with Gasteiger partial charge in [-0.05, 0) is 26.2 Å². The van der Waals surface area contributed by atoms with Crippen molar-refractivity contribution < 1.29 is 18.1 Å². The number of nitrogens with zero attached hydrogens (tertiary/aromatic N) is 3. The van der Waals surface area contributed by atoms with Crippen molar-refractivity contribution in [3.63, 3.8) is 0 Å². The molecule has 1 aromatic rings. The van der Waals surface area contributed by atoms with Crippen molar-refractivity contribution in [2.45, 2.75) is 11.0 Å². The predicted octanol–water partition coefficient (Wildman–Crippen LogP) is 0.765. The van der Waals surface area contributed by atoms with Gasteiger partial charge in [0.15, 0.2) is 9.84 Å². The van der Waals surface area contributed by atoms with Crippen LogP contribution in [0.2, 0.25) is 0 Å². The van der Waals surface area contributed by atoms with Crippen molar-refractivity contribution in [3.05, 3.63) is 28.3 Å². The Bertz CT molecular complexity index is 690. The second-order valence-corrected chi connectivity index (χ2v) is 7.87. The van der Waals surface area contributed by atoms with Crippen molar-refractivity contribution >= 4 is 21.2 Å². The second-order valence-electron chi connectivity index (χ2n) is 5.88. The van der Waals surface area contributed by atoms with Crippen LogP contribution in [0.4, 0.5) is 11.4 Å². The van der Waals surface area contributed by atoms with E-state index in [1.54, 1.807) is 6.07 Å². The maximum absolute atomic E-state index is 11.8. The van der Waals surface area contributed by atoms with Gasteiger partial charge >= 0.3 is 0 Å². The van der Waals surface area contributed by atoms with Gasteiger partial charge in [0.05, 0.1) is 17.6 Å². The lowest BCUT2D eigenvalue weighted by Gasteiger charge is -2.35. The van der Waals surface area contributed by atoms with Gasteiger partial charge in [0.25, 0.3) is 5.69 Å². The molecule has 2 rings (SSSR count). The molecular weight excluding hydrogens is 322 g/mol. The van der Waals surface area contributed by atoms with Gasteiger partial charge in [0.1, 0.15) is 4.90 Å². The smallest absolute Gasteiger partial charge is 0.288 e. The molecule has 0 aromatic heterocycles. The van der Waals surface area contributed by atoms with E-state index in [4.69, 9.17) is 4.74 Å². The van der Waals surface area contributed by atoms with Gasteiger partial charge in [0.2, 0.25) is 0 Å². The molecule has 0 amide bonds. The van der Waals surface area contributed by atoms with Crippen molar-refractivity contribution in [3.8, 4) is 0 Å². The van der Waals surface area contributed by atoms with Crippen LogP contribution < -0.4 is 4.90 Å². The van der Waals surface area contributed by atoms with E-state index >= 15 is 0 Å². The normalized spacial score (nSPS) is 19.1. The van der Waals surface area contributed by atoms with Crippen LogP contribution in [0, 0.1) is 10.1 Å². The average Bonchev–Trinajstić information content (AvgIpc) is 2.45. The van der Waals surface area contributed by atoms with Crippen LogP contribution in [0.5, 0.6) is 0 Å². The molecule has 23 heavy (non-hydrogen) atoms. The number of hydrogen-bond acceptors (Lipinski definition) is 7. The van der Waals surface area contributed by atoms with Gasteiger partial charge in [-0.1, -0.05) is 0 Å². The van der Waals surface area contributed by atoms with Crippen LogP contribution in [0.25, 0.3) is 0 Å². The van der Waals surface area contributed by atoms with E-state index < -0.39 is 20.4 Å². The summed E-state index contributed by atoms with van der Waals surface area (Å²) in [6.07, 6.45) is 0.989. The number of rotatable bonds is 5. The van der Waals surface area contributed by atoms with E-state index in [0.717, 1.165) is 12.8 Å². The third-order valence-corrected chi connectivity index (χ3v) is 4.74. The summed E-state index contributed by atoms with van der Waals surface area (Å²) in [6.45, 7) is 2.51. The van der Waals surface area contributed by atoms with Gasteiger partial charge < -0.3 is 14.5 Å². The van der Waals surface area contributed by atoms with Crippen LogP contribution in [-0.4, -0.2) is 70.9 Å². The Kier molecular flexibility index (Phi) is 5.23. The highest BCUT2D eigenvalue weighted by molar-refractivity contribution is 7.90. The summed E-state index contributed by atoms with van der Waals surface area (Å²) < 4.78 is 29.4. The Morgan fingerprint density at radius 2 is 2.13 bits per heavy atom. The maximum Gasteiger partial charge on any atom is 0.288 e. The molecule has 1 aromatic carbocycles. The largest absolute Gasteiger partial charge is 0.373 e. The SMILES string of the molecule is CN(C)CC1CN(c2ccc([N+](=O)[O-])c(S(C)(=O)=O)c2)CCO1. The molecule has 1 fully saturated rings. The first kappa shape index (κ1) is 17.6. The van der Waals surface area contributed by atoms with Crippen molar-refractivity contribution in [1.29, 1.82) is 0 Å². The zero-order valence-electron chi connectivity index (χ0n) is 13.4. The average molecular weight is 343 g/mol. The number of ether oxygens (including phenoxy) is 1. The Morgan fingerprint density at radius 1 is 1.43 bits per heavy atom. The zero-order chi connectivity index (χ0) is 17.2. The minimum atomic E-state index is -3.68. The fraction of sp³-hybridized carbons (Fsp3) is 0.571. The first-order valence-electron chi connectivity index (χ1n) is 7.18. The first-order chi connectivity index (χ1) is 10.7. The molecule has 1 unspecified atom stereocenters. The van der Waals surface area contributed by atoms with E-state index in [9.17, 15) is 18.5 Å². The standard InChI is InChI=1S/C14H21N3O5S/c1-15(2)9-12-10-16(6-7-22-12)11-4-5-13(17(18)19)14(8-11)23(3,20)21/h4-5,8,12H,6-7,9-10H2,1-3H3. The summed E-state index contributed by atoms with van der Waals surface area (Å²) in [7, 11) is 0.229. The third kappa shape index (κ3) is 4.40. The lowest BCUT2D eigenvalue weighted by atomic mass is 10.2. The second kappa shape index (κ2) is 6.81. The lowest BCUT2D eigenvalue weighted by Crippen LogP contribution is -2.46. The predicted molar refractivity (Wildman–Crippen MR) is 86.7 cm³/mol. The van der Waals surface area contributed by atoms with E-state index in [2.05, 4.69) is 0 Å². The Balaban J connectivity index is 2.31. The fourth-order valence-electron chi connectivity index (χ4n) is 2.62. The van der Waals surface area contributed by atoms with Crippen LogP contribution in [0.15, 0.2) is 23.1 Å². The molecule has 0 bridgehead atoms. The van der Waals surface area contributed by atoms with E-state index in [1.165, 1.54) is 12.1 Å². The number of morpholine rings is 1. The van der Waals surface area contributed by atoms with Crippen LogP contribution in [-0.2, 0) is 14.6 Å². The number of sulfone groups is 1. The number of nitro benzene ring substituents is 1. The third-order valence-electron chi connectivity index (χ3n) is 3.61. The topological polar surface area (TPSA) is 93.0 Å². The number of anilines is 1. The summed E-state index contributed by atoms with van der Waals surface area (Å²) in [5.41, 5.74) is 0.262. The van der Waals surface area contributed by atoms with E-state index in [1.807, 2.05) is 23.9 Å². The summed E-state index contributed by atoms with van der Waals surface area (Å²) in [5.74, 6) is 0. The molecule has 1 aliphatic rings. The molecular formula is C14H21N3O5S. The lowest BCUT2D eigenvalue weighted by molar-refractivity contribution is -0.387. The molecule has 0 N–H and O–H groups in total. The fourth-order valence-corrected chi connectivity index (χ4v) is 3.48. The molecule has 1 heterocycles. The van der Waals surface area contributed by atoms with Gasteiger partial charge in [-0.25, -0.2) is 8.42 Å². The van der Waals surface area contributed by atoms with Gasteiger partial charge in [-0.3, -0.25) is 10.1 Å². The molecule has 1 atom stereocenters. The van der Waals surface area contributed by atoms with Crippen LogP contribution in [0.1, 0.15) is 0 Å². The number of nitro groups is 1. The zero-order valence-corrected chi connectivity index (χ0v) is 14.2. The van der Waals surface area contributed by atoms with Crippen molar-refractivity contribution in [1.82, 2.24) is 4.90 Å². The highest BCUT2D eigenvalue weighted by Gasteiger charge is 2.26. The number of benzene rings is 1. The quantitative estimate of drug-likeness (QED) is 0.576. The van der Waals surface area contributed by atoms with Crippen molar-refractivity contribution in [2.24, 2.45) is 0 Å². The Morgan fingerprint density at radius 3 is 2.70 bits per heavy atom. The summed E-state index contributed by atoms with van der Waals surface area (Å²) >= 11 is 0. The maximum atomic E-state index is 11.8. The molecule has 1 aliphatic heterocycles. The highest BCUT2D eigenvalue weighted by Crippen LogP contribution is 2.29.